The van der Waals surface area contributed by atoms with Crippen LogP contribution in [0.4, 0.5) is 20.1 Å². The van der Waals surface area contributed by atoms with Crippen LogP contribution in [-0.4, -0.2) is 78.7 Å². The average Bonchev–Trinajstić information content (AvgIpc) is 3.05. The van der Waals surface area contributed by atoms with Crippen molar-refractivity contribution in [3.8, 4) is 0 Å². The molecular weight excluding hydrogens is 568 g/mol. The average molecular weight is 623 g/mol. The number of rotatable bonds is 6. The first kappa shape index (κ1) is 33.1. The van der Waals surface area contributed by atoms with Crippen molar-refractivity contribution in [1.82, 2.24) is 25.3 Å². The molecule has 0 unspecified atom stereocenters. The number of piperazine rings is 1. The van der Waals surface area contributed by atoms with Gasteiger partial charge in [0.05, 0.1) is 6.54 Å². The summed E-state index contributed by atoms with van der Waals surface area (Å²) < 4.78 is 5.43. The summed E-state index contributed by atoms with van der Waals surface area (Å²) in [5.41, 5.74) is 9.59. The minimum atomic E-state index is -0.616. The Kier molecular flexibility index (Phi) is 12.4. The lowest BCUT2D eigenvalue weighted by Gasteiger charge is -2.38. The molecule has 0 atom stereocenters. The lowest BCUT2D eigenvalue weighted by atomic mass is 9.87. The van der Waals surface area contributed by atoms with Gasteiger partial charge in [-0.2, -0.15) is 0 Å². The third kappa shape index (κ3) is 9.86. The van der Waals surface area contributed by atoms with Gasteiger partial charge in [0.15, 0.2) is 0 Å². The van der Waals surface area contributed by atoms with Gasteiger partial charge < -0.3 is 30.9 Å². The predicted molar refractivity (Wildman–Crippen MR) is 176 cm³/mol. The van der Waals surface area contributed by atoms with E-state index >= 15 is 0 Å². The Morgan fingerprint density at radius 3 is 2.11 bits per heavy atom. The summed E-state index contributed by atoms with van der Waals surface area (Å²) in [7, 11) is 0. The number of hydrogen-bond donors (Lipinski definition) is 3. The van der Waals surface area contributed by atoms with Crippen LogP contribution in [0, 0.1) is 11.8 Å². The van der Waals surface area contributed by atoms with Crippen LogP contribution in [0.15, 0.2) is 35.5 Å². The number of piperidine rings is 2. The standard InChI is InChI=1S/C35H54N6O4/c36-31-13-11-29(12-14-31)25-38-33(42)41-24-23-40(26-32(41)30-9-4-2-1-3-5-10-30)35(44)45-34(43)39-21-17-28(18-22-39)8-6-7-27-15-19-37-20-16-27/h11-14,27-28,37H,1-10,15-26,36H2,(H,38,42). The van der Waals surface area contributed by atoms with E-state index in [1.807, 2.05) is 24.3 Å². The van der Waals surface area contributed by atoms with E-state index in [9.17, 15) is 14.4 Å². The molecule has 0 bridgehead atoms. The molecule has 1 saturated carbocycles. The summed E-state index contributed by atoms with van der Waals surface area (Å²) >= 11 is 0. The fourth-order valence-corrected chi connectivity index (χ4v) is 7.39. The topological polar surface area (TPSA) is 120 Å². The van der Waals surface area contributed by atoms with Crippen molar-refractivity contribution in [3.63, 3.8) is 0 Å². The van der Waals surface area contributed by atoms with Crippen LogP contribution in [0.25, 0.3) is 0 Å². The minimum Gasteiger partial charge on any atom is -0.399 e. The summed E-state index contributed by atoms with van der Waals surface area (Å²) in [6, 6.07) is 7.31. The maximum absolute atomic E-state index is 13.4. The van der Waals surface area contributed by atoms with E-state index in [0.29, 0.717) is 44.3 Å². The summed E-state index contributed by atoms with van der Waals surface area (Å²) in [5, 5.41) is 6.49. The van der Waals surface area contributed by atoms with Gasteiger partial charge in [0, 0.05) is 44.1 Å². The second kappa shape index (κ2) is 16.9. The van der Waals surface area contributed by atoms with Crippen molar-refractivity contribution in [2.75, 3.05) is 51.5 Å². The number of hydrogen-bond acceptors (Lipinski definition) is 6. The number of benzene rings is 1. The number of nitrogens with zero attached hydrogens (tertiary/aromatic N) is 3. The SMILES string of the molecule is Nc1ccc(CNC(=O)N2CCN(C(=O)OC(=O)N3CCC(CCCC4CCNCC4)CC3)CC2=C2CCCCCCC2)cc1. The van der Waals surface area contributed by atoms with E-state index in [-0.39, 0.29) is 12.6 Å². The molecule has 5 rings (SSSR count). The number of anilines is 1. The van der Waals surface area contributed by atoms with Crippen LogP contribution in [0.3, 0.4) is 0 Å². The summed E-state index contributed by atoms with van der Waals surface area (Å²) in [5.74, 6) is 1.50. The van der Waals surface area contributed by atoms with Gasteiger partial charge in [-0.05, 0) is 99.6 Å². The number of carbonyl (C=O) groups is 3. The molecule has 0 spiro atoms. The van der Waals surface area contributed by atoms with E-state index in [0.717, 1.165) is 68.8 Å². The fraction of sp³-hybridized carbons (Fsp3) is 0.686. The monoisotopic (exact) mass is 622 g/mol. The highest BCUT2D eigenvalue weighted by atomic mass is 16.6. The van der Waals surface area contributed by atoms with Crippen LogP contribution in [0.5, 0.6) is 0 Å². The highest BCUT2D eigenvalue weighted by Crippen LogP contribution is 2.29. The molecule has 10 heteroatoms. The molecule has 0 radical (unpaired) electrons. The van der Waals surface area contributed by atoms with Gasteiger partial charge in [0.25, 0.3) is 0 Å². The number of amides is 4. The van der Waals surface area contributed by atoms with E-state index < -0.39 is 12.2 Å². The summed E-state index contributed by atoms with van der Waals surface area (Å²) in [4.78, 5) is 44.8. The molecule has 4 aliphatic rings. The van der Waals surface area contributed by atoms with Crippen LogP contribution < -0.4 is 16.4 Å². The van der Waals surface area contributed by atoms with Gasteiger partial charge >= 0.3 is 18.2 Å². The minimum absolute atomic E-state index is 0.168. The van der Waals surface area contributed by atoms with Crippen molar-refractivity contribution in [2.45, 2.75) is 96.4 Å². The normalized spacial score (nSPS) is 20.8. The first-order valence-electron chi connectivity index (χ1n) is 17.5. The largest absolute Gasteiger partial charge is 0.419 e. The van der Waals surface area contributed by atoms with Crippen molar-refractivity contribution in [1.29, 1.82) is 0 Å². The number of allylic oxidation sites excluding steroid dienone is 1. The van der Waals surface area contributed by atoms with Gasteiger partial charge in [-0.15, -0.1) is 0 Å². The Balaban J connectivity index is 1.12. The third-order valence-electron chi connectivity index (χ3n) is 10.3. The molecule has 10 nitrogen and oxygen atoms in total. The van der Waals surface area contributed by atoms with Gasteiger partial charge in [-0.3, -0.25) is 4.90 Å². The smallest absolute Gasteiger partial charge is 0.399 e. The summed E-state index contributed by atoms with van der Waals surface area (Å²) in [6.07, 6.45) is 14.8. The van der Waals surface area contributed by atoms with E-state index in [4.69, 9.17) is 10.5 Å². The molecule has 248 valence electrons. The van der Waals surface area contributed by atoms with Crippen LogP contribution in [0.2, 0.25) is 0 Å². The second-order valence-electron chi connectivity index (χ2n) is 13.5. The van der Waals surface area contributed by atoms with Crippen LogP contribution in [-0.2, 0) is 11.3 Å². The molecule has 4 fully saturated rings. The lowest BCUT2D eigenvalue weighted by molar-refractivity contribution is 0.0781. The molecule has 3 heterocycles. The Morgan fingerprint density at radius 1 is 0.800 bits per heavy atom. The molecule has 0 aromatic heterocycles. The zero-order valence-corrected chi connectivity index (χ0v) is 27.1. The lowest BCUT2D eigenvalue weighted by Crippen LogP contribution is -2.53. The van der Waals surface area contributed by atoms with Crippen molar-refractivity contribution in [2.24, 2.45) is 11.8 Å². The Morgan fingerprint density at radius 2 is 1.42 bits per heavy atom. The number of ether oxygens (including phenoxy) is 1. The van der Waals surface area contributed by atoms with E-state index in [1.165, 1.54) is 56.9 Å². The zero-order valence-electron chi connectivity index (χ0n) is 27.1. The maximum atomic E-state index is 13.4. The van der Waals surface area contributed by atoms with Crippen molar-refractivity contribution < 1.29 is 19.1 Å². The van der Waals surface area contributed by atoms with Gasteiger partial charge in [-0.1, -0.05) is 50.7 Å². The molecule has 1 aromatic carbocycles. The molecule has 4 amide bonds. The molecular formula is C35H54N6O4. The molecule has 45 heavy (non-hydrogen) atoms. The van der Waals surface area contributed by atoms with Gasteiger partial charge in [0.2, 0.25) is 0 Å². The molecule has 3 aliphatic heterocycles. The van der Waals surface area contributed by atoms with Crippen molar-refractivity contribution in [3.05, 3.63) is 41.1 Å². The number of carbonyl (C=O) groups excluding carboxylic acids is 3. The van der Waals surface area contributed by atoms with Crippen molar-refractivity contribution >= 4 is 23.9 Å². The highest BCUT2D eigenvalue weighted by Gasteiger charge is 2.33. The highest BCUT2D eigenvalue weighted by molar-refractivity contribution is 5.84. The quantitative estimate of drug-likeness (QED) is 0.256. The second-order valence-corrected chi connectivity index (χ2v) is 13.5. The van der Waals surface area contributed by atoms with E-state index in [2.05, 4.69) is 10.6 Å². The Bertz CT molecular complexity index is 1150. The number of nitrogen functional groups attached to an aromatic ring is 1. The number of likely N-dealkylation sites (tertiary alicyclic amines) is 1. The van der Waals surface area contributed by atoms with Gasteiger partial charge in [0.1, 0.15) is 0 Å². The first-order valence-corrected chi connectivity index (χ1v) is 17.5. The van der Waals surface area contributed by atoms with Crippen LogP contribution >= 0.6 is 0 Å². The third-order valence-corrected chi connectivity index (χ3v) is 10.3. The first-order chi connectivity index (χ1) is 22.0. The fourth-order valence-electron chi connectivity index (χ4n) is 7.39. The zero-order chi connectivity index (χ0) is 31.4. The van der Waals surface area contributed by atoms with E-state index in [1.54, 1.807) is 14.7 Å². The summed E-state index contributed by atoms with van der Waals surface area (Å²) in [6.45, 7) is 4.93. The number of urea groups is 1. The Hall–Kier alpha value is -3.27. The predicted octanol–water partition coefficient (Wildman–Crippen LogP) is 6.23. The molecule has 3 saturated heterocycles. The van der Waals surface area contributed by atoms with Gasteiger partial charge in [-0.25, -0.2) is 14.4 Å². The molecule has 4 N–H and O–H groups in total. The van der Waals surface area contributed by atoms with Crippen LogP contribution in [0.1, 0.15) is 95.5 Å². The number of nitrogens with one attached hydrogen (secondary N) is 2. The molecule has 1 aromatic rings. The maximum Gasteiger partial charge on any atom is 0.419 e. The Labute approximate surface area is 269 Å². The number of nitrogens with two attached hydrogens (primary N) is 1. The molecule has 1 aliphatic carbocycles.